The maximum atomic E-state index is 9.64. The second kappa shape index (κ2) is 4.69. The van der Waals surface area contributed by atoms with E-state index >= 15 is 0 Å². The smallest absolute Gasteiger partial charge is 0.149 e. The first kappa shape index (κ1) is 11.2. The summed E-state index contributed by atoms with van der Waals surface area (Å²) in [6.07, 6.45) is 1.68. The van der Waals surface area contributed by atoms with Crippen molar-refractivity contribution < 1.29 is 5.11 Å². The molecule has 0 saturated carbocycles. The average Bonchev–Trinajstić information content (AvgIpc) is 2.30. The van der Waals surface area contributed by atoms with Gasteiger partial charge in [-0.1, -0.05) is 0 Å². The molecule has 0 saturated heterocycles. The van der Waals surface area contributed by atoms with E-state index in [0.717, 1.165) is 11.1 Å². The summed E-state index contributed by atoms with van der Waals surface area (Å²) in [5.41, 5.74) is 8.03. The van der Waals surface area contributed by atoms with Gasteiger partial charge < -0.3 is 16.2 Å². The first-order valence-electron chi connectivity index (χ1n) is 5.26. The van der Waals surface area contributed by atoms with Crippen molar-refractivity contribution in [3.63, 3.8) is 0 Å². The summed E-state index contributed by atoms with van der Waals surface area (Å²) in [5.74, 6) is 0.888. The van der Waals surface area contributed by atoms with Crippen LogP contribution in [0.5, 0.6) is 5.75 Å². The third-order valence-corrected chi connectivity index (χ3v) is 2.35. The average molecular weight is 230 g/mol. The number of aromatic nitrogens is 2. The second-order valence-corrected chi connectivity index (χ2v) is 3.86. The third kappa shape index (κ3) is 2.84. The lowest BCUT2D eigenvalue weighted by atomic mass is 10.2. The molecule has 1 aromatic carbocycles. The van der Waals surface area contributed by atoms with E-state index in [1.165, 1.54) is 0 Å². The number of hydrogen-bond acceptors (Lipinski definition) is 5. The number of aromatic hydroxyl groups is 1. The SMILES string of the molecule is Cc1cnnc(NCc2cc(N)ccc2O)c1. The predicted octanol–water partition coefficient (Wildman–Crippen LogP) is 1.68. The number of phenols is 1. The minimum absolute atomic E-state index is 0.215. The van der Waals surface area contributed by atoms with Crippen LogP contribution in [-0.2, 0) is 6.54 Å². The van der Waals surface area contributed by atoms with Crippen molar-refractivity contribution in [3.8, 4) is 5.75 Å². The highest BCUT2D eigenvalue weighted by molar-refractivity contribution is 5.48. The minimum Gasteiger partial charge on any atom is -0.508 e. The second-order valence-electron chi connectivity index (χ2n) is 3.86. The van der Waals surface area contributed by atoms with Crippen molar-refractivity contribution in [2.24, 2.45) is 0 Å². The van der Waals surface area contributed by atoms with Gasteiger partial charge in [0.15, 0.2) is 0 Å². The Labute approximate surface area is 99.3 Å². The fourth-order valence-electron chi connectivity index (χ4n) is 1.48. The van der Waals surface area contributed by atoms with E-state index < -0.39 is 0 Å². The molecule has 2 rings (SSSR count). The topological polar surface area (TPSA) is 84.1 Å². The third-order valence-electron chi connectivity index (χ3n) is 2.35. The molecule has 0 amide bonds. The van der Waals surface area contributed by atoms with Gasteiger partial charge in [-0.05, 0) is 36.8 Å². The molecular weight excluding hydrogens is 216 g/mol. The summed E-state index contributed by atoms with van der Waals surface area (Å²) in [4.78, 5) is 0. The van der Waals surface area contributed by atoms with E-state index in [1.807, 2.05) is 13.0 Å². The molecule has 0 fully saturated rings. The van der Waals surface area contributed by atoms with Crippen LogP contribution in [0.25, 0.3) is 0 Å². The normalized spacial score (nSPS) is 10.2. The summed E-state index contributed by atoms with van der Waals surface area (Å²) >= 11 is 0. The summed E-state index contributed by atoms with van der Waals surface area (Å²) in [7, 11) is 0. The Morgan fingerprint density at radius 3 is 2.94 bits per heavy atom. The van der Waals surface area contributed by atoms with Gasteiger partial charge in [-0.15, -0.1) is 5.10 Å². The van der Waals surface area contributed by atoms with Gasteiger partial charge in [-0.25, -0.2) is 0 Å². The first-order chi connectivity index (χ1) is 8.15. The lowest BCUT2D eigenvalue weighted by molar-refractivity contribution is 0.469. The van der Waals surface area contributed by atoms with Crippen LogP contribution < -0.4 is 11.1 Å². The lowest BCUT2D eigenvalue weighted by Gasteiger charge is -2.08. The van der Waals surface area contributed by atoms with Crippen LogP contribution in [-0.4, -0.2) is 15.3 Å². The molecule has 0 atom stereocenters. The summed E-state index contributed by atoms with van der Waals surface area (Å²) in [5, 5.41) is 20.5. The molecule has 0 aliphatic carbocycles. The molecule has 5 nitrogen and oxygen atoms in total. The quantitative estimate of drug-likeness (QED) is 0.552. The lowest BCUT2D eigenvalue weighted by Crippen LogP contribution is -2.03. The molecule has 0 bridgehead atoms. The molecule has 17 heavy (non-hydrogen) atoms. The number of rotatable bonds is 3. The largest absolute Gasteiger partial charge is 0.508 e. The molecule has 0 aliphatic rings. The number of hydrogen-bond donors (Lipinski definition) is 3. The molecule has 0 spiro atoms. The van der Waals surface area contributed by atoms with E-state index in [1.54, 1.807) is 24.4 Å². The number of nitrogens with zero attached hydrogens (tertiary/aromatic N) is 2. The van der Waals surface area contributed by atoms with Crippen LogP contribution in [0.1, 0.15) is 11.1 Å². The summed E-state index contributed by atoms with van der Waals surface area (Å²) in [6, 6.07) is 6.85. The van der Waals surface area contributed by atoms with Gasteiger partial charge in [0.1, 0.15) is 11.6 Å². The van der Waals surface area contributed by atoms with Gasteiger partial charge in [0.05, 0.1) is 6.20 Å². The van der Waals surface area contributed by atoms with E-state index in [-0.39, 0.29) is 5.75 Å². The van der Waals surface area contributed by atoms with Crippen LogP contribution in [0.15, 0.2) is 30.5 Å². The monoisotopic (exact) mass is 230 g/mol. The number of anilines is 2. The molecule has 0 radical (unpaired) electrons. The van der Waals surface area contributed by atoms with Gasteiger partial charge >= 0.3 is 0 Å². The molecule has 2 aromatic rings. The van der Waals surface area contributed by atoms with E-state index in [0.29, 0.717) is 18.1 Å². The summed E-state index contributed by atoms with van der Waals surface area (Å²) < 4.78 is 0. The highest BCUT2D eigenvalue weighted by Gasteiger charge is 2.02. The number of benzene rings is 1. The Balaban J connectivity index is 2.09. The molecule has 1 heterocycles. The van der Waals surface area contributed by atoms with Crippen molar-refractivity contribution in [2.75, 3.05) is 11.1 Å². The first-order valence-corrected chi connectivity index (χ1v) is 5.26. The van der Waals surface area contributed by atoms with Crippen molar-refractivity contribution in [3.05, 3.63) is 41.6 Å². The Morgan fingerprint density at radius 1 is 1.35 bits per heavy atom. The maximum absolute atomic E-state index is 9.64. The molecule has 5 heteroatoms. The zero-order valence-electron chi connectivity index (χ0n) is 9.51. The zero-order valence-corrected chi connectivity index (χ0v) is 9.51. The maximum Gasteiger partial charge on any atom is 0.149 e. The van der Waals surface area contributed by atoms with Gasteiger partial charge in [0.25, 0.3) is 0 Å². The van der Waals surface area contributed by atoms with Gasteiger partial charge in [-0.2, -0.15) is 5.10 Å². The van der Waals surface area contributed by atoms with Crippen LogP contribution in [0.3, 0.4) is 0 Å². The van der Waals surface area contributed by atoms with E-state index in [2.05, 4.69) is 15.5 Å². The van der Waals surface area contributed by atoms with Crippen LogP contribution >= 0.6 is 0 Å². The fraction of sp³-hybridized carbons (Fsp3) is 0.167. The van der Waals surface area contributed by atoms with Gasteiger partial charge in [-0.3, -0.25) is 0 Å². The van der Waals surface area contributed by atoms with Gasteiger partial charge in [0.2, 0.25) is 0 Å². The highest BCUT2D eigenvalue weighted by Crippen LogP contribution is 2.20. The van der Waals surface area contributed by atoms with Crippen LogP contribution in [0, 0.1) is 6.92 Å². The highest BCUT2D eigenvalue weighted by atomic mass is 16.3. The van der Waals surface area contributed by atoms with Crippen molar-refractivity contribution in [1.82, 2.24) is 10.2 Å². The summed E-state index contributed by atoms with van der Waals surface area (Å²) in [6.45, 7) is 2.40. The number of nitrogens with two attached hydrogens (primary N) is 1. The number of nitrogen functional groups attached to an aromatic ring is 1. The number of nitrogens with one attached hydrogen (secondary N) is 1. The van der Waals surface area contributed by atoms with Gasteiger partial charge in [0, 0.05) is 17.8 Å². The molecule has 1 aromatic heterocycles. The molecule has 88 valence electrons. The van der Waals surface area contributed by atoms with Crippen LogP contribution in [0.4, 0.5) is 11.5 Å². The Morgan fingerprint density at radius 2 is 2.18 bits per heavy atom. The zero-order chi connectivity index (χ0) is 12.3. The fourth-order valence-corrected chi connectivity index (χ4v) is 1.48. The predicted molar refractivity (Wildman–Crippen MR) is 66.6 cm³/mol. The standard InChI is InChI=1S/C12H14N4O/c1-8-4-12(16-15-6-8)14-7-9-5-10(13)2-3-11(9)17/h2-6,17H,7,13H2,1H3,(H,14,16). The number of phenolic OH excluding ortho intramolecular Hbond substituents is 1. The van der Waals surface area contributed by atoms with Crippen LogP contribution in [0.2, 0.25) is 0 Å². The van der Waals surface area contributed by atoms with Crippen molar-refractivity contribution in [2.45, 2.75) is 13.5 Å². The minimum atomic E-state index is 0.215. The van der Waals surface area contributed by atoms with Crippen molar-refractivity contribution in [1.29, 1.82) is 0 Å². The molecule has 4 N–H and O–H groups in total. The molecule has 0 unspecified atom stereocenters. The van der Waals surface area contributed by atoms with Crippen molar-refractivity contribution >= 4 is 11.5 Å². The Kier molecular flexibility index (Phi) is 3.09. The Hall–Kier alpha value is -2.30. The molecular formula is C12H14N4O. The number of aryl methyl sites for hydroxylation is 1. The Bertz CT molecular complexity index is 528. The van der Waals surface area contributed by atoms with E-state index in [4.69, 9.17) is 5.73 Å². The van der Waals surface area contributed by atoms with E-state index in [9.17, 15) is 5.11 Å². The molecule has 0 aliphatic heterocycles.